The summed E-state index contributed by atoms with van der Waals surface area (Å²) < 4.78 is 11.0. The lowest BCUT2D eigenvalue weighted by Crippen LogP contribution is -2.57. The fourth-order valence-corrected chi connectivity index (χ4v) is 7.90. The fraction of sp³-hybridized carbons (Fsp3) is 0.395. The Morgan fingerprint density at radius 3 is 2.04 bits per heavy atom. The van der Waals surface area contributed by atoms with Gasteiger partial charge < -0.3 is 35.6 Å². The fourth-order valence-electron chi connectivity index (χ4n) is 7.90. The summed E-state index contributed by atoms with van der Waals surface area (Å²) in [6.07, 6.45) is 1.92. The number of carbonyl (C=O) groups excluding carboxylic acids is 3. The molecule has 11 nitrogen and oxygen atoms in total. The summed E-state index contributed by atoms with van der Waals surface area (Å²) in [5.74, 6) is -3.18. The maximum Gasteiger partial charge on any atom is 0.407 e. The van der Waals surface area contributed by atoms with Crippen LogP contribution >= 0.6 is 0 Å². The Morgan fingerprint density at radius 2 is 1.46 bits per heavy atom. The van der Waals surface area contributed by atoms with Crippen LogP contribution in [0.1, 0.15) is 49.8 Å². The number of nitrogens with one attached hydrogen (secondary N) is 3. The Hall–Kier alpha value is -5.26. The number of benzene rings is 3. The minimum atomic E-state index is -1.53. The smallest absolute Gasteiger partial charge is 0.407 e. The molecule has 6 atom stereocenters. The maximum absolute atomic E-state index is 15.1. The zero-order chi connectivity index (χ0) is 38.3. The van der Waals surface area contributed by atoms with Gasteiger partial charge in [-0.3, -0.25) is 14.4 Å². The summed E-state index contributed by atoms with van der Waals surface area (Å²) in [7, 11) is 0. The number of rotatable bonds is 16. The number of aliphatic carboxylic acids is 1. The van der Waals surface area contributed by atoms with Crippen molar-refractivity contribution in [3.8, 4) is 0 Å². The van der Waals surface area contributed by atoms with E-state index in [1.807, 2.05) is 105 Å². The van der Waals surface area contributed by atoms with Crippen LogP contribution in [0.3, 0.4) is 0 Å². The first-order chi connectivity index (χ1) is 26.0. The molecular formula is C43H49N3O8. The minimum Gasteiger partial charge on any atom is -0.481 e. The van der Waals surface area contributed by atoms with Crippen molar-refractivity contribution in [3.63, 3.8) is 0 Å². The molecule has 0 saturated carbocycles. The molecule has 11 heteroatoms. The van der Waals surface area contributed by atoms with E-state index in [4.69, 9.17) is 9.47 Å². The third kappa shape index (κ3) is 8.58. The predicted molar refractivity (Wildman–Crippen MR) is 202 cm³/mol. The van der Waals surface area contributed by atoms with E-state index in [0.717, 1.165) is 16.7 Å². The zero-order valence-electron chi connectivity index (χ0n) is 30.7. The van der Waals surface area contributed by atoms with E-state index in [9.17, 15) is 24.6 Å². The van der Waals surface area contributed by atoms with Crippen LogP contribution in [-0.4, -0.2) is 76.4 Å². The molecular weight excluding hydrogens is 686 g/mol. The molecule has 0 aliphatic carbocycles. The number of ether oxygens (including phenoxy) is 2. The number of carboxylic acids is 1. The Kier molecular flexibility index (Phi) is 12.0. The number of hydrogen-bond acceptors (Lipinski definition) is 9. The summed E-state index contributed by atoms with van der Waals surface area (Å²) in [5.41, 5.74) is -0.215. The van der Waals surface area contributed by atoms with Crippen molar-refractivity contribution in [2.24, 2.45) is 11.8 Å². The highest BCUT2D eigenvalue weighted by molar-refractivity contribution is 6.19. The summed E-state index contributed by atoms with van der Waals surface area (Å²) in [5, 5.41) is 31.8. The van der Waals surface area contributed by atoms with Crippen molar-refractivity contribution in [1.82, 2.24) is 16.0 Å². The summed E-state index contributed by atoms with van der Waals surface area (Å²) in [4.78, 5) is 55.6. The van der Waals surface area contributed by atoms with E-state index in [-0.39, 0.29) is 55.0 Å². The molecule has 3 heterocycles. The minimum absolute atomic E-state index is 0.0641. The number of hydrogen-bond donors (Lipinski definition) is 5. The second-order valence-corrected chi connectivity index (χ2v) is 15.0. The molecule has 284 valence electrons. The molecule has 1 amide bonds. The third-order valence-electron chi connectivity index (χ3n) is 10.6. The van der Waals surface area contributed by atoms with Crippen LogP contribution in [0.25, 0.3) is 0 Å². The van der Waals surface area contributed by atoms with E-state index < -0.39 is 53.1 Å². The predicted octanol–water partition coefficient (Wildman–Crippen LogP) is 4.69. The Morgan fingerprint density at radius 1 is 0.852 bits per heavy atom. The van der Waals surface area contributed by atoms with E-state index >= 15 is 4.79 Å². The zero-order valence-corrected chi connectivity index (χ0v) is 30.7. The van der Waals surface area contributed by atoms with Crippen molar-refractivity contribution < 1.29 is 38.9 Å². The summed E-state index contributed by atoms with van der Waals surface area (Å²) >= 11 is 0. The van der Waals surface area contributed by atoms with E-state index in [1.165, 1.54) is 6.20 Å². The second kappa shape index (κ2) is 16.8. The van der Waals surface area contributed by atoms with Gasteiger partial charge in [0.15, 0.2) is 11.6 Å². The van der Waals surface area contributed by atoms with Gasteiger partial charge in [-0.05, 0) is 41.9 Å². The molecule has 0 aromatic heterocycles. The summed E-state index contributed by atoms with van der Waals surface area (Å²) in [6.45, 7) is 4.68. The number of aliphatic hydroxyl groups excluding tert-OH is 1. The van der Waals surface area contributed by atoms with Crippen LogP contribution in [0.4, 0.5) is 4.79 Å². The highest BCUT2D eigenvalue weighted by atomic mass is 16.6. The van der Waals surface area contributed by atoms with E-state index in [0.29, 0.717) is 19.6 Å². The van der Waals surface area contributed by atoms with Gasteiger partial charge in [0.2, 0.25) is 0 Å². The lowest BCUT2D eigenvalue weighted by Gasteiger charge is -2.36. The molecule has 3 aromatic rings. The maximum atomic E-state index is 15.1. The van der Waals surface area contributed by atoms with E-state index in [1.54, 1.807) is 6.20 Å². The van der Waals surface area contributed by atoms with Crippen LogP contribution in [0.5, 0.6) is 0 Å². The molecule has 0 spiro atoms. The quantitative estimate of drug-likeness (QED) is 0.140. The number of Topliss-reactive ketones (excluding diaryl/α,β-unsaturated/α-hetero) is 2. The number of aliphatic hydroxyl groups is 1. The monoisotopic (exact) mass is 735 g/mol. The van der Waals surface area contributed by atoms with Gasteiger partial charge in [0.25, 0.3) is 0 Å². The first kappa shape index (κ1) is 38.5. The van der Waals surface area contributed by atoms with Gasteiger partial charge in [-0.15, -0.1) is 0 Å². The van der Waals surface area contributed by atoms with Crippen molar-refractivity contribution in [3.05, 3.63) is 131 Å². The first-order valence-electron chi connectivity index (χ1n) is 18.6. The Labute approximate surface area is 315 Å². The van der Waals surface area contributed by atoms with Gasteiger partial charge in [0, 0.05) is 42.8 Å². The molecule has 3 aliphatic heterocycles. The highest BCUT2D eigenvalue weighted by Crippen LogP contribution is 2.42. The molecule has 54 heavy (non-hydrogen) atoms. The largest absolute Gasteiger partial charge is 0.481 e. The molecule has 3 aliphatic rings. The van der Waals surface area contributed by atoms with Crippen molar-refractivity contribution >= 4 is 23.6 Å². The van der Waals surface area contributed by atoms with Crippen LogP contribution in [0.15, 0.2) is 115 Å². The lowest BCUT2D eigenvalue weighted by molar-refractivity contribution is -0.141. The second-order valence-electron chi connectivity index (χ2n) is 15.0. The molecule has 0 bridgehead atoms. The van der Waals surface area contributed by atoms with Crippen LogP contribution < -0.4 is 16.0 Å². The lowest BCUT2D eigenvalue weighted by atomic mass is 9.71. The highest BCUT2D eigenvalue weighted by Gasteiger charge is 2.57. The third-order valence-corrected chi connectivity index (χ3v) is 10.6. The molecule has 6 rings (SSSR count). The van der Waals surface area contributed by atoms with Gasteiger partial charge in [0.1, 0.15) is 17.2 Å². The standard InChI is InChI=1S/C43H49N3O8/c1-28(2)22-43(38(48)34(25-45-43)33(40(50)51)20-29-12-6-3-7-13-29)35-26-44-42(39(35)49,23-31-16-10-5-11-17-31)24-37(47)36(21-30-14-8-4-9-15-30)46-41(52)54-32-18-19-53-27-32/h3-17,25-26,28,32-33,36-37,44-45,47H,18-24,27H2,1-2H3,(H,46,52)(H,50,51)/t32-,33?,36-,37-,42?,43?/m0/s1. The normalized spacial score (nSPS) is 23.9. The summed E-state index contributed by atoms with van der Waals surface area (Å²) in [6, 6.07) is 27.1. The van der Waals surface area contributed by atoms with Gasteiger partial charge in [-0.25, -0.2) is 4.79 Å². The molecule has 1 fully saturated rings. The SMILES string of the molecule is CC(C)CC1(C2=CNC(Cc3ccccc3)(C[C@H](O)[C@H](Cc3ccccc3)NC(=O)O[C@H]3CCOC3)C2=O)NC=C(C(Cc2ccccc2)C(=O)O)C1=O. The first-order valence-corrected chi connectivity index (χ1v) is 18.6. The number of alkyl carbamates (subject to hydrolysis) is 1. The molecule has 3 unspecified atom stereocenters. The Bertz CT molecular complexity index is 1860. The Balaban J connectivity index is 1.31. The number of ketones is 2. The van der Waals surface area contributed by atoms with Crippen LogP contribution in [0, 0.1) is 11.8 Å². The van der Waals surface area contributed by atoms with Gasteiger partial charge >= 0.3 is 12.1 Å². The van der Waals surface area contributed by atoms with Crippen molar-refractivity contribution in [2.45, 2.75) is 81.7 Å². The number of carbonyl (C=O) groups is 4. The van der Waals surface area contributed by atoms with Crippen LogP contribution in [0.2, 0.25) is 0 Å². The number of carboxylic acid groups (broad SMARTS) is 1. The van der Waals surface area contributed by atoms with Crippen LogP contribution in [-0.2, 0) is 43.1 Å². The molecule has 3 aromatic carbocycles. The average Bonchev–Trinajstić information content (AvgIpc) is 3.86. The topological polar surface area (TPSA) is 163 Å². The van der Waals surface area contributed by atoms with Gasteiger partial charge in [0.05, 0.1) is 31.3 Å². The van der Waals surface area contributed by atoms with Gasteiger partial charge in [-0.1, -0.05) is 105 Å². The molecule has 5 N–H and O–H groups in total. The molecule has 0 radical (unpaired) electrons. The van der Waals surface area contributed by atoms with Crippen molar-refractivity contribution in [1.29, 1.82) is 0 Å². The van der Waals surface area contributed by atoms with Gasteiger partial charge in [-0.2, -0.15) is 0 Å². The van der Waals surface area contributed by atoms with Crippen molar-refractivity contribution in [2.75, 3.05) is 13.2 Å². The average molecular weight is 736 g/mol. The number of amides is 1. The molecule has 1 saturated heterocycles. The van der Waals surface area contributed by atoms with E-state index in [2.05, 4.69) is 16.0 Å².